The molecule has 4 atom stereocenters. The number of fused-ring (bicyclic) bond motifs is 3. The highest BCUT2D eigenvalue weighted by molar-refractivity contribution is 5.83. The molecule has 2 aliphatic heterocycles. The van der Waals surface area contributed by atoms with Gasteiger partial charge in [0, 0.05) is 32.7 Å². The third kappa shape index (κ3) is 2.34. The highest BCUT2D eigenvalue weighted by Crippen LogP contribution is 2.61. The van der Waals surface area contributed by atoms with Gasteiger partial charge < -0.3 is 9.80 Å². The fraction of sp³-hybridized carbons (Fsp3) is 0.889. The number of hydrogen-bond acceptors (Lipinski definition) is 4. The van der Waals surface area contributed by atoms with Crippen LogP contribution < -0.4 is 0 Å². The maximum absolute atomic E-state index is 12.9. The lowest BCUT2D eigenvalue weighted by molar-refractivity contribution is -0.151. The van der Waals surface area contributed by atoms with Crippen LogP contribution in [0.3, 0.4) is 0 Å². The van der Waals surface area contributed by atoms with Gasteiger partial charge in [0.1, 0.15) is 6.04 Å². The van der Waals surface area contributed by atoms with Gasteiger partial charge in [-0.25, -0.2) is 0 Å². The van der Waals surface area contributed by atoms with Crippen molar-refractivity contribution in [1.29, 1.82) is 5.26 Å². The van der Waals surface area contributed by atoms with Gasteiger partial charge in [-0.1, -0.05) is 13.8 Å². The second-order valence-corrected chi connectivity index (χ2v) is 8.58. The summed E-state index contributed by atoms with van der Waals surface area (Å²) in [4.78, 5) is 19.1. The van der Waals surface area contributed by atoms with Gasteiger partial charge in [0.05, 0.1) is 6.54 Å². The van der Waals surface area contributed by atoms with E-state index in [1.165, 1.54) is 19.3 Å². The Kier molecular flexibility index (Phi) is 3.57. The van der Waals surface area contributed by atoms with E-state index in [2.05, 4.69) is 29.8 Å². The number of rotatable bonds is 2. The molecule has 5 nitrogen and oxygen atoms in total. The zero-order valence-corrected chi connectivity index (χ0v) is 14.4. The first-order chi connectivity index (χ1) is 11.0. The lowest BCUT2D eigenvalue weighted by Crippen LogP contribution is -2.65. The smallest absolute Gasteiger partial charge is 0.241 e. The standard InChI is InChI=1S/C18H28N4O/c1-18(2)14-4-3-13(15(18)9-14)10-22-8-7-21-6-5-20(12-19)11-16(21)17(22)23/h13-16H,3-11H2,1-2H3/t13-,14+,15+,16+/m0/s1. The van der Waals surface area contributed by atoms with Crippen molar-refractivity contribution in [3.8, 4) is 6.19 Å². The molecule has 3 saturated carbocycles. The Morgan fingerprint density at radius 3 is 2.70 bits per heavy atom. The molecular weight excluding hydrogens is 288 g/mol. The number of carbonyl (C=O) groups excluding carboxylic acids is 1. The van der Waals surface area contributed by atoms with E-state index in [1.54, 1.807) is 4.90 Å². The van der Waals surface area contributed by atoms with E-state index >= 15 is 0 Å². The summed E-state index contributed by atoms with van der Waals surface area (Å²) in [5.41, 5.74) is 0.482. The molecule has 0 N–H and O–H groups in total. The summed E-state index contributed by atoms with van der Waals surface area (Å²) < 4.78 is 0. The Bertz CT molecular complexity index is 538. The molecule has 0 aromatic carbocycles. The number of piperazine rings is 2. The van der Waals surface area contributed by atoms with Gasteiger partial charge in [-0.3, -0.25) is 9.69 Å². The maximum atomic E-state index is 12.9. The summed E-state index contributed by atoms with van der Waals surface area (Å²) >= 11 is 0. The van der Waals surface area contributed by atoms with Gasteiger partial charge in [-0.2, -0.15) is 5.26 Å². The second kappa shape index (κ2) is 5.37. The molecule has 5 aliphatic rings. The Morgan fingerprint density at radius 2 is 2.00 bits per heavy atom. The van der Waals surface area contributed by atoms with E-state index in [9.17, 15) is 4.79 Å². The largest absolute Gasteiger partial charge is 0.340 e. The predicted molar refractivity (Wildman–Crippen MR) is 87.2 cm³/mol. The van der Waals surface area contributed by atoms with Crippen LogP contribution in [-0.4, -0.2) is 65.9 Å². The number of amides is 1. The summed E-state index contributed by atoms with van der Waals surface area (Å²) in [5.74, 6) is 2.66. The Morgan fingerprint density at radius 1 is 1.22 bits per heavy atom. The normalized spacial score (nSPS) is 39.4. The van der Waals surface area contributed by atoms with Crippen LogP contribution in [0, 0.1) is 34.6 Å². The van der Waals surface area contributed by atoms with Crippen LogP contribution in [0.1, 0.15) is 33.1 Å². The first-order valence-corrected chi connectivity index (χ1v) is 9.18. The topological polar surface area (TPSA) is 50.6 Å². The predicted octanol–water partition coefficient (Wildman–Crippen LogP) is 1.37. The van der Waals surface area contributed by atoms with E-state index < -0.39 is 0 Å². The Labute approximate surface area is 139 Å². The minimum atomic E-state index is -0.0945. The molecule has 5 rings (SSSR count). The van der Waals surface area contributed by atoms with Crippen LogP contribution in [0.2, 0.25) is 0 Å². The third-order valence-corrected chi connectivity index (χ3v) is 7.34. The molecule has 2 saturated heterocycles. The summed E-state index contributed by atoms with van der Waals surface area (Å²) in [6.07, 6.45) is 6.22. The van der Waals surface area contributed by atoms with Crippen molar-refractivity contribution in [2.75, 3.05) is 39.3 Å². The molecular formula is C18H28N4O. The van der Waals surface area contributed by atoms with Crippen molar-refractivity contribution in [3.05, 3.63) is 0 Å². The highest BCUT2D eigenvalue weighted by Gasteiger charge is 2.54. The van der Waals surface area contributed by atoms with Crippen LogP contribution in [0.15, 0.2) is 0 Å². The fourth-order valence-electron chi connectivity index (χ4n) is 5.63. The third-order valence-electron chi connectivity index (χ3n) is 7.34. The average molecular weight is 316 g/mol. The average Bonchev–Trinajstić information content (AvgIpc) is 2.57. The summed E-state index contributed by atoms with van der Waals surface area (Å²) in [5, 5.41) is 9.12. The molecule has 0 spiro atoms. The Balaban J connectivity index is 1.42. The number of nitriles is 1. The molecule has 0 aromatic heterocycles. The van der Waals surface area contributed by atoms with Crippen molar-refractivity contribution in [3.63, 3.8) is 0 Å². The van der Waals surface area contributed by atoms with Gasteiger partial charge >= 0.3 is 0 Å². The minimum absolute atomic E-state index is 0.0945. The maximum Gasteiger partial charge on any atom is 0.241 e. The van der Waals surface area contributed by atoms with Crippen LogP contribution in [0.4, 0.5) is 0 Å². The Hall–Kier alpha value is -1.28. The first kappa shape index (κ1) is 15.3. The van der Waals surface area contributed by atoms with Crippen LogP contribution in [0.25, 0.3) is 0 Å². The molecule has 0 unspecified atom stereocenters. The van der Waals surface area contributed by atoms with Crippen molar-refractivity contribution >= 4 is 5.91 Å². The van der Waals surface area contributed by atoms with Gasteiger partial charge in [-0.15, -0.1) is 0 Å². The zero-order chi connectivity index (χ0) is 16.2. The van der Waals surface area contributed by atoms with E-state index in [0.717, 1.165) is 44.6 Å². The summed E-state index contributed by atoms with van der Waals surface area (Å²) in [6, 6.07) is -0.0945. The fourth-order valence-corrected chi connectivity index (χ4v) is 5.63. The van der Waals surface area contributed by atoms with Gasteiger partial charge in [0.2, 0.25) is 5.91 Å². The number of nitrogens with zero attached hydrogens (tertiary/aromatic N) is 4. The summed E-state index contributed by atoms with van der Waals surface area (Å²) in [6.45, 7) is 9.81. The van der Waals surface area contributed by atoms with Gasteiger partial charge in [-0.05, 0) is 42.4 Å². The second-order valence-electron chi connectivity index (χ2n) is 8.58. The quantitative estimate of drug-likeness (QED) is 0.722. The van der Waals surface area contributed by atoms with E-state index in [-0.39, 0.29) is 11.9 Å². The molecule has 1 amide bonds. The molecule has 2 heterocycles. The number of carbonyl (C=O) groups is 1. The number of hydrogen-bond donors (Lipinski definition) is 0. The van der Waals surface area contributed by atoms with E-state index in [1.807, 2.05) is 0 Å². The van der Waals surface area contributed by atoms with Crippen LogP contribution in [0.5, 0.6) is 0 Å². The molecule has 0 aromatic rings. The van der Waals surface area contributed by atoms with Gasteiger partial charge in [0.15, 0.2) is 6.19 Å². The monoisotopic (exact) mass is 316 g/mol. The molecule has 5 heteroatoms. The molecule has 5 fully saturated rings. The highest BCUT2D eigenvalue weighted by atomic mass is 16.2. The van der Waals surface area contributed by atoms with Gasteiger partial charge in [0.25, 0.3) is 0 Å². The molecule has 2 bridgehead atoms. The lowest BCUT2D eigenvalue weighted by atomic mass is 9.45. The van der Waals surface area contributed by atoms with Crippen molar-refractivity contribution in [2.45, 2.75) is 39.2 Å². The first-order valence-electron chi connectivity index (χ1n) is 9.18. The summed E-state index contributed by atoms with van der Waals surface area (Å²) in [7, 11) is 0. The minimum Gasteiger partial charge on any atom is -0.340 e. The van der Waals surface area contributed by atoms with Crippen molar-refractivity contribution in [1.82, 2.24) is 14.7 Å². The van der Waals surface area contributed by atoms with Crippen molar-refractivity contribution < 1.29 is 4.79 Å². The van der Waals surface area contributed by atoms with Crippen LogP contribution in [-0.2, 0) is 4.79 Å². The molecule has 3 aliphatic carbocycles. The SMILES string of the molecule is CC1(C)[C@@H]2CC[C@@H](CN3CCN4CCN(C#N)C[C@@H]4C3=O)[C@H]1C2. The van der Waals surface area contributed by atoms with E-state index in [4.69, 9.17) is 5.26 Å². The van der Waals surface area contributed by atoms with Crippen molar-refractivity contribution in [2.24, 2.45) is 23.2 Å². The molecule has 0 radical (unpaired) electrons. The zero-order valence-electron chi connectivity index (χ0n) is 14.4. The van der Waals surface area contributed by atoms with E-state index in [0.29, 0.717) is 17.9 Å². The van der Waals surface area contributed by atoms with Crippen LogP contribution >= 0.6 is 0 Å². The molecule has 23 heavy (non-hydrogen) atoms. The molecule has 126 valence electrons. The lowest BCUT2D eigenvalue weighted by Gasteiger charge is -2.61.